The van der Waals surface area contributed by atoms with E-state index < -0.39 is 0 Å². The van der Waals surface area contributed by atoms with E-state index in [1.807, 2.05) is 19.0 Å². The minimum Gasteiger partial charge on any atom is -0.360 e. The van der Waals surface area contributed by atoms with Gasteiger partial charge < -0.3 is 4.90 Å². The fourth-order valence-electron chi connectivity index (χ4n) is 0.628. The molecule has 0 saturated heterocycles. The molecule has 0 saturated carbocycles. The topological polar surface area (TPSA) is 29.0 Å². The second kappa shape index (κ2) is 3.36. The molecule has 0 atom stereocenters. The van der Waals surface area contributed by atoms with Crippen LogP contribution in [0, 0.1) is 0 Å². The van der Waals surface area contributed by atoms with Gasteiger partial charge in [-0.3, -0.25) is 0 Å². The Bertz CT molecular complexity index is 264. The van der Waals surface area contributed by atoms with Crippen LogP contribution in [0.3, 0.4) is 0 Å². The monoisotopic (exact) mass is 235 g/mol. The second-order valence-electron chi connectivity index (χ2n) is 2.20. The maximum atomic E-state index is 5.64. The van der Waals surface area contributed by atoms with Crippen molar-refractivity contribution in [3.05, 3.63) is 16.0 Å². The summed E-state index contributed by atoms with van der Waals surface area (Å²) in [4.78, 5) is 9.87. The van der Waals surface area contributed by atoms with Gasteiger partial charge in [-0.25, -0.2) is 9.97 Å². The van der Waals surface area contributed by atoms with Crippen LogP contribution in [0.4, 0.5) is 5.82 Å². The lowest BCUT2D eigenvalue weighted by Gasteiger charge is -2.11. The molecule has 60 valence electrons. The zero-order valence-electron chi connectivity index (χ0n) is 6.17. The van der Waals surface area contributed by atoms with Gasteiger partial charge in [-0.15, -0.1) is 0 Å². The van der Waals surface area contributed by atoms with Gasteiger partial charge in [-0.05, 0) is 15.9 Å². The Labute approximate surface area is 78.5 Å². The first kappa shape index (κ1) is 8.74. The standard InChI is InChI=1S/C6H7BrClN3/c1-11(2)6-5(7)9-3-4(8)10-6/h3H,1-2H3. The van der Waals surface area contributed by atoms with Crippen molar-refractivity contribution < 1.29 is 0 Å². The lowest BCUT2D eigenvalue weighted by Crippen LogP contribution is -2.11. The van der Waals surface area contributed by atoms with Crippen LogP contribution in [0.5, 0.6) is 0 Å². The molecule has 0 radical (unpaired) electrons. The Morgan fingerprint density at radius 2 is 2.18 bits per heavy atom. The van der Waals surface area contributed by atoms with Crippen molar-refractivity contribution in [1.82, 2.24) is 9.97 Å². The van der Waals surface area contributed by atoms with E-state index in [9.17, 15) is 0 Å². The Balaban J connectivity index is 3.13. The molecule has 3 nitrogen and oxygen atoms in total. The fraction of sp³-hybridized carbons (Fsp3) is 0.333. The number of aromatic nitrogens is 2. The zero-order valence-corrected chi connectivity index (χ0v) is 8.52. The summed E-state index contributed by atoms with van der Waals surface area (Å²) in [7, 11) is 3.76. The van der Waals surface area contributed by atoms with Gasteiger partial charge in [-0.2, -0.15) is 0 Å². The van der Waals surface area contributed by atoms with Gasteiger partial charge in [0.1, 0.15) is 9.76 Å². The van der Waals surface area contributed by atoms with Crippen LogP contribution >= 0.6 is 27.5 Å². The highest BCUT2D eigenvalue weighted by atomic mass is 79.9. The molecule has 0 N–H and O–H groups in total. The van der Waals surface area contributed by atoms with Gasteiger partial charge in [0.2, 0.25) is 0 Å². The summed E-state index contributed by atoms with van der Waals surface area (Å²) < 4.78 is 0.701. The van der Waals surface area contributed by atoms with Crippen LogP contribution in [0.2, 0.25) is 5.15 Å². The van der Waals surface area contributed by atoms with E-state index in [0.29, 0.717) is 9.76 Å². The lowest BCUT2D eigenvalue weighted by molar-refractivity contribution is 1.02. The Morgan fingerprint density at radius 3 is 2.64 bits per heavy atom. The van der Waals surface area contributed by atoms with E-state index in [4.69, 9.17) is 11.6 Å². The second-order valence-corrected chi connectivity index (χ2v) is 3.34. The maximum Gasteiger partial charge on any atom is 0.163 e. The molecule has 0 bridgehead atoms. The Hall–Kier alpha value is -0.350. The third-order valence-corrected chi connectivity index (χ3v) is 1.85. The van der Waals surface area contributed by atoms with Gasteiger partial charge in [0.15, 0.2) is 5.82 Å². The van der Waals surface area contributed by atoms with E-state index in [-0.39, 0.29) is 0 Å². The molecule has 11 heavy (non-hydrogen) atoms. The molecule has 0 spiro atoms. The van der Waals surface area contributed by atoms with Gasteiger partial charge >= 0.3 is 0 Å². The van der Waals surface area contributed by atoms with E-state index in [1.165, 1.54) is 6.20 Å². The summed E-state index contributed by atoms with van der Waals surface area (Å²) in [6, 6.07) is 0. The van der Waals surface area contributed by atoms with Crippen molar-refractivity contribution >= 4 is 33.3 Å². The van der Waals surface area contributed by atoms with Crippen molar-refractivity contribution in [2.24, 2.45) is 0 Å². The average Bonchev–Trinajstić information content (AvgIpc) is 1.94. The summed E-state index contributed by atoms with van der Waals surface area (Å²) in [5.41, 5.74) is 0. The van der Waals surface area contributed by atoms with E-state index in [1.54, 1.807) is 0 Å². The molecular formula is C6H7BrClN3. The van der Waals surface area contributed by atoms with Crippen molar-refractivity contribution in [1.29, 1.82) is 0 Å². The molecule has 0 aliphatic rings. The lowest BCUT2D eigenvalue weighted by atomic mass is 10.6. The van der Waals surface area contributed by atoms with Crippen LogP contribution in [0.25, 0.3) is 0 Å². The smallest absolute Gasteiger partial charge is 0.163 e. The molecule has 0 aromatic carbocycles. The summed E-state index contributed by atoms with van der Waals surface area (Å²) in [6.45, 7) is 0. The number of hydrogen-bond acceptors (Lipinski definition) is 3. The third-order valence-electron chi connectivity index (χ3n) is 1.11. The highest BCUT2D eigenvalue weighted by Crippen LogP contribution is 2.20. The third kappa shape index (κ3) is 2.04. The van der Waals surface area contributed by atoms with Gasteiger partial charge in [0.25, 0.3) is 0 Å². The van der Waals surface area contributed by atoms with Gasteiger partial charge in [0, 0.05) is 14.1 Å². The van der Waals surface area contributed by atoms with Crippen molar-refractivity contribution in [2.75, 3.05) is 19.0 Å². The first-order valence-electron chi connectivity index (χ1n) is 2.96. The van der Waals surface area contributed by atoms with Crippen LogP contribution in [0.15, 0.2) is 10.8 Å². The van der Waals surface area contributed by atoms with Crippen molar-refractivity contribution in [3.63, 3.8) is 0 Å². The molecule has 1 aromatic rings. The first-order chi connectivity index (χ1) is 5.11. The molecule has 0 aliphatic heterocycles. The summed E-state index contributed by atoms with van der Waals surface area (Å²) in [5, 5.41) is 0.400. The Kier molecular flexibility index (Phi) is 2.67. The molecule has 0 unspecified atom stereocenters. The quantitative estimate of drug-likeness (QED) is 0.746. The molecule has 5 heteroatoms. The van der Waals surface area contributed by atoms with Crippen LogP contribution in [-0.2, 0) is 0 Å². The molecule has 0 amide bonds. The fourth-order valence-corrected chi connectivity index (χ4v) is 1.30. The predicted molar refractivity (Wildman–Crippen MR) is 49.1 cm³/mol. The van der Waals surface area contributed by atoms with Gasteiger partial charge in [0.05, 0.1) is 6.20 Å². The van der Waals surface area contributed by atoms with Crippen molar-refractivity contribution in [2.45, 2.75) is 0 Å². The zero-order chi connectivity index (χ0) is 8.43. The highest BCUT2D eigenvalue weighted by Gasteiger charge is 2.04. The van der Waals surface area contributed by atoms with Crippen molar-refractivity contribution in [3.8, 4) is 0 Å². The molecule has 1 rings (SSSR count). The number of halogens is 2. The SMILES string of the molecule is CN(C)c1nc(Cl)cnc1Br. The molecule has 1 aromatic heterocycles. The first-order valence-corrected chi connectivity index (χ1v) is 4.13. The maximum absolute atomic E-state index is 5.64. The minimum atomic E-state index is 0.400. The summed E-state index contributed by atoms with van der Waals surface area (Å²) >= 11 is 8.90. The van der Waals surface area contributed by atoms with Crippen LogP contribution in [0.1, 0.15) is 0 Å². The van der Waals surface area contributed by atoms with E-state index >= 15 is 0 Å². The summed E-state index contributed by atoms with van der Waals surface area (Å²) in [6.07, 6.45) is 1.50. The van der Waals surface area contributed by atoms with E-state index in [2.05, 4.69) is 25.9 Å². The van der Waals surface area contributed by atoms with Crippen LogP contribution in [-0.4, -0.2) is 24.1 Å². The predicted octanol–water partition coefficient (Wildman–Crippen LogP) is 1.96. The Morgan fingerprint density at radius 1 is 1.55 bits per heavy atom. The number of anilines is 1. The molecule has 1 heterocycles. The molecule has 0 fully saturated rings. The van der Waals surface area contributed by atoms with Gasteiger partial charge in [-0.1, -0.05) is 11.6 Å². The minimum absolute atomic E-state index is 0.400. The number of rotatable bonds is 1. The van der Waals surface area contributed by atoms with Crippen LogP contribution < -0.4 is 4.90 Å². The highest BCUT2D eigenvalue weighted by molar-refractivity contribution is 9.10. The van der Waals surface area contributed by atoms with E-state index in [0.717, 1.165) is 5.82 Å². The molecule has 0 aliphatic carbocycles. The normalized spacial score (nSPS) is 9.82. The largest absolute Gasteiger partial charge is 0.360 e. The number of hydrogen-bond donors (Lipinski definition) is 0. The molecular weight excluding hydrogens is 229 g/mol. The number of nitrogens with zero attached hydrogens (tertiary/aromatic N) is 3. The summed E-state index contributed by atoms with van der Waals surface area (Å²) in [5.74, 6) is 0.734. The average molecular weight is 236 g/mol.